The second kappa shape index (κ2) is 10.7. The zero-order chi connectivity index (χ0) is 17.8. The van der Waals surface area contributed by atoms with Crippen LogP contribution in [-0.4, -0.2) is 69.7 Å². The van der Waals surface area contributed by atoms with Crippen molar-refractivity contribution in [2.75, 3.05) is 32.7 Å². The van der Waals surface area contributed by atoms with Gasteiger partial charge >= 0.3 is 12.5 Å². The number of carboxylic acids is 1. The van der Waals surface area contributed by atoms with Gasteiger partial charge in [-0.05, 0) is 6.42 Å². The van der Waals surface area contributed by atoms with Crippen molar-refractivity contribution >= 4 is 11.8 Å². The first-order valence-electron chi connectivity index (χ1n) is 6.60. The molecule has 13 nitrogen and oxygen atoms in total. The maximum absolute atomic E-state index is 11.1. The molecule has 128 valence electrons. The lowest BCUT2D eigenvalue weighted by Crippen LogP contribution is -2.41. The number of hydrogen-bond acceptors (Lipinski definition) is 7. The summed E-state index contributed by atoms with van der Waals surface area (Å²) in [5.41, 5.74) is 0. The predicted molar refractivity (Wildman–Crippen MR) is 73.6 cm³/mol. The van der Waals surface area contributed by atoms with E-state index >= 15 is 0 Å². The lowest BCUT2D eigenvalue weighted by atomic mass is 10.2. The number of hydrazine groups is 2. The van der Waals surface area contributed by atoms with Crippen LogP contribution >= 0.6 is 0 Å². The smallest absolute Gasteiger partial charge is 0.362 e. The molecule has 0 aromatic carbocycles. The van der Waals surface area contributed by atoms with Crippen LogP contribution in [-0.2, 0) is 9.59 Å². The van der Waals surface area contributed by atoms with Crippen molar-refractivity contribution in [3.63, 3.8) is 0 Å². The molecule has 23 heavy (non-hydrogen) atoms. The Bertz CT molecular complexity index is 491. The number of Topliss-reactive ketones (excluding diaryl/α,β-unsaturated/α-hetero) is 1. The van der Waals surface area contributed by atoms with E-state index in [9.17, 15) is 29.8 Å². The van der Waals surface area contributed by atoms with Gasteiger partial charge in [0.25, 0.3) is 0 Å². The third-order valence-corrected chi connectivity index (χ3v) is 2.78. The number of nitro groups is 2. The molecule has 0 aromatic heterocycles. The SMILES string of the molecule is N#[N+]CC(=O)CCCN(CCN(CCC(=O)O)[N+](=O)[O-])[N+](=O)[O-]. The summed E-state index contributed by atoms with van der Waals surface area (Å²) in [7, 11) is 0. The van der Waals surface area contributed by atoms with Gasteiger partial charge in [-0.1, -0.05) is 0 Å². The van der Waals surface area contributed by atoms with E-state index in [0.717, 1.165) is 0 Å². The van der Waals surface area contributed by atoms with Crippen molar-refractivity contribution in [3.8, 4) is 0 Å². The highest BCUT2D eigenvalue weighted by molar-refractivity contribution is 5.81. The maximum atomic E-state index is 11.1. The zero-order valence-electron chi connectivity index (χ0n) is 12.2. The lowest BCUT2D eigenvalue weighted by Gasteiger charge is -2.17. The Morgan fingerprint density at radius 2 is 1.52 bits per heavy atom. The molecule has 0 rings (SSSR count). The molecule has 0 aliphatic rings. The number of carbonyl (C=O) groups excluding carboxylic acids is 1. The minimum absolute atomic E-state index is 0.0215. The van der Waals surface area contributed by atoms with Gasteiger partial charge in [0, 0.05) is 6.42 Å². The van der Waals surface area contributed by atoms with Gasteiger partial charge in [-0.25, -0.2) is 20.2 Å². The van der Waals surface area contributed by atoms with E-state index in [1.165, 1.54) is 0 Å². The van der Waals surface area contributed by atoms with Crippen LogP contribution in [0.3, 0.4) is 0 Å². The first-order valence-corrected chi connectivity index (χ1v) is 6.60. The normalized spacial score (nSPS) is 9.70. The van der Waals surface area contributed by atoms with Gasteiger partial charge in [-0.3, -0.25) is 9.59 Å². The van der Waals surface area contributed by atoms with Crippen LogP contribution in [0, 0.1) is 25.6 Å². The fourth-order valence-electron chi connectivity index (χ4n) is 1.62. The van der Waals surface area contributed by atoms with Gasteiger partial charge in [0.2, 0.25) is 11.2 Å². The molecular formula is C10H17N6O7+. The monoisotopic (exact) mass is 333 g/mol. The van der Waals surface area contributed by atoms with Crippen LogP contribution in [0.25, 0.3) is 4.98 Å². The molecule has 0 saturated carbocycles. The topological polar surface area (TPSA) is 175 Å². The number of carboxylic acid groups (broad SMARTS) is 1. The third kappa shape index (κ3) is 9.50. The van der Waals surface area contributed by atoms with Crippen LogP contribution in [0.2, 0.25) is 0 Å². The highest BCUT2D eigenvalue weighted by Crippen LogP contribution is 2.00. The Balaban J connectivity index is 4.37. The predicted octanol–water partition coefficient (Wildman–Crippen LogP) is -0.349. The number of diazo groups is 1. The molecule has 0 radical (unpaired) electrons. The van der Waals surface area contributed by atoms with E-state index in [1.807, 2.05) is 0 Å². The molecule has 0 aliphatic carbocycles. The van der Waals surface area contributed by atoms with Gasteiger partial charge in [0.05, 0.1) is 19.5 Å². The van der Waals surface area contributed by atoms with Gasteiger partial charge in [0.15, 0.2) is 10.1 Å². The van der Waals surface area contributed by atoms with Crippen molar-refractivity contribution in [1.29, 1.82) is 5.39 Å². The summed E-state index contributed by atoms with van der Waals surface area (Å²) < 4.78 is 0. The van der Waals surface area contributed by atoms with E-state index in [-0.39, 0.29) is 51.3 Å². The summed E-state index contributed by atoms with van der Waals surface area (Å²) >= 11 is 0. The van der Waals surface area contributed by atoms with E-state index in [4.69, 9.17) is 10.5 Å². The van der Waals surface area contributed by atoms with Crippen LogP contribution in [0.15, 0.2) is 0 Å². The summed E-state index contributed by atoms with van der Waals surface area (Å²) in [5, 5.41) is 38.0. The van der Waals surface area contributed by atoms with Crippen molar-refractivity contribution in [1.82, 2.24) is 10.0 Å². The van der Waals surface area contributed by atoms with E-state index in [0.29, 0.717) is 10.0 Å². The molecular weight excluding hydrogens is 316 g/mol. The molecule has 0 aromatic rings. The van der Waals surface area contributed by atoms with Crippen molar-refractivity contribution < 1.29 is 24.8 Å². The van der Waals surface area contributed by atoms with Crippen molar-refractivity contribution in [2.24, 2.45) is 0 Å². The lowest BCUT2D eigenvalue weighted by molar-refractivity contribution is -0.673. The van der Waals surface area contributed by atoms with E-state index in [2.05, 4.69) is 4.98 Å². The third-order valence-electron chi connectivity index (χ3n) is 2.78. The Morgan fingerprint density at radius 3 is 1.96 bits per heavy atom. The second-order valence-corrected chi connectivity index (χ2v) is 4.47. The molecule has 13 heteroatoms. The molecule has 0 spiro atoms. The fraction of sp³-hybridized carbons (Fsp3) is 0.800. The fourth-order valence-corrected chi connectivity index (χ4v) is 1.62. The van der Waals surface area contributed by atoms with Crippen LogP contribution in [0.5, 0.6) is 0 Å². The highest BCUT2D eigenvalue weighted by atomic mass is 16.7. The Hall–Kier alpha value is -3.04. The largest absolute Gasteiger partial charge is 0.481 e. The number of aliphatic carboxylic acids is 1. The van der Waals surface area contributed by atoms with Gasteiger partial charge < -0.3 is 5.11 Å². The van der Waals surface area contributed by atoms with Gasteiger partial charge in [0.1, 0.15) is 18.1 Å². The molecule has 0 atom stereocenters. The van der Waals surface area contributed by atoms with Crippen LogP contribution in [0.1, 0.15) is 19.3 Å². The number of rotatable bonds is 13. The molecule has 0 unspecified atom stereocenters. The summed E-state index contributed by atoms with van der Waals surface area (Å²) in [6.45, 7) is -1.50. The standard InChI is InChI=1S/C10H16N6O7/c11-12-8-9(17)2-1-4-13(15(20)21)6-7-14(16(22)23)5-3-10(18)19/h1-8H2/p+1. The minimum Gasteiger partial charge on any atom is -0.481 e. The number of carbonyl (C=O) groups is 2. The second-order valence-electron chi connectivity index (χ2n) is 4.47. The Kier molecular flexibility index (Phi) is 9.25. The summed E-state index contributed by atoms with van der Waals surface area (Å²) in [6.07, 6.45) is -0.353. The highest BCUT2D eigenvalue weighted by Gasteiger charge is 2.21. The molecule has 0 saturated heterocycles. The molecule has 1 N–H and O–H groups in total. The molecule has 0 bridgehead atoms. The molecule has 0 amide bonds. The van der Waals surface area contributed by atoms with Crippen molar-refractivity contribution in [3.05, 3.63) is 25.2 Å². The molecule has 0 aliphatic heterocycles. The number of nitrogens with zero attached hydrogens (tertiary/aromatic N) is 6. The first kappa shape index (κ1) is 20.0. The quantitative estimate of drug-likeness (QED) is 0.266. The van der Waals surface area contributed by atoms with Crippen LogP contribution < -0.4 is 0 Å². The summed E-state index contributed by atoms with van der Waals surface area (Å²) in [5.74, 6) is -1.60. The van der Waals surface area contributed by atoms with E-state index in [1.54, 1.807) is 0 Å². The van der Waals surface area contributed by atoms with Gasteiger partial charge in [-0.2, -0.15) is 0 Å². The van der Waals surface area contributed by atoms with Crippen molar-refractivity contribution in [2.45, 2.75) is 19.3 Å². The van der Waals surface area contributed by atoms with Gasteiger partial charge in [-0.15, -0.1) is 10.0 Å². The average molecular weight is 333 g/mol. The Labute approximate surface area is 130 Å². The number of ketones is 1. The van der Waals surface area contributed by atoms with Crippen LogP contribution in [0.4, 0.5) is 0 Å². The Morgan fingerprint density at radius 1 is 1.00 bits per heavy atom. The summed E-state index contributed by atoms with van der Waals surface area (Å²) in [6, 6.07) is 0. The zero-order valence-corrected chi connectivity index (χ0v) is 12.2. The number of hydrogen-bond donors (Lipinski definition) is 1. The maximum Gasteiger partial charge on any atom is 0.362 e. The van der Waals surface area contributed by atoms with E-state index < -0.39 is 22.5 Å². The summed E-state index contributed by atoms with van der Waals surface area (Å²) in [4.78, 5) is 45.8. The average Bonchev–Trinajstić information content (AvgIpc) is 2.44. The first-order chi connectivity index (χ1) is 10.8. The molecule has 0 fully saturated rings. The minimum atomic E-state index is -1.21. The molecule has 0 heterocycles.